The molecule has 0 saturated heterocycles. The molecular weight excluding hydrogens is 232 g/mol. The van der Waals surface area contributed by atoms with Gasteiger partial charge in [-0.25, -0.2) is 4.98 Å². The second-order valence-corrected chi connectivity index (χ2v) is 4.16. The van der Waals surface area contributed by atoms with Gasteiger partial charge in [0.2, 0.25) is 0 Å². The Morgan fingerprint density at radius 2 is 2.38 bits per heavy atom. The average molecular weight is 242 g/mol. The van der Waals surface area contributed by atoms with Crippen molar-refractivity contribution in [1.82, 2.24) is 4.98 Å². The number of nitrogens with two attached hydrogens (primary N) is 1. The molecule has 1 amide bonds. The fraction of sp³-hybridized carbons (Fsp3) is 0.333. The van der Waals surface area contributed by atoms with E-state index in [0.717, 1.165) is 0 Å². The predicted octanol–water partition coefficient (Wildman–Crippen LogP) is -0.665. The number of amides is 1. The molecule has 7 heteroatoms. The predicted molar refractivity (Wildman–Crippen MR) is 56.6 cm³/mol. The molecule has 0 fully saturated rings. The summed E-state index contributed by atoms with van der Waals surface area (Å²) in [6.07, 6.45) is -0.554. The van der Waals surface area contributed by atoms with E-state index in [4.69, 9.17) is 10.5 Å². The largest absolute Gasteiger partial charge is 0.488 e. The summed E-state index contributed by atoms with van der Waals surface area (Å²) in [4.78, 5) is 14.8. The van der Waals surface area contributed by atoms with Crippen molar-refractivity contribution < 1.29 is 19.7 Å². The van der Waals surface area contributed by atoms with E-state index in [1.807, 2.05) is 0 Å². The molecule has 2 atom stereocenters. The van der Waals surface area contributed by atoms with Gasteiger partial charge < -0.3 is 20.7 Å². The number of hydrogen-bond donors (Lipinski definition) is 3. The van der Waals surface area contributed by atoms with Crippen molar-refractivity contribution in [3.63, 3.8) is 0 Å². The normalized spacial score (nSPS) is 24.8. The fourth-order valence-corrected chi connectivity index (χ4v) is 2.01. The van der Waals surface area contributed by atoms with Crippen LogP contribution in [0.25, 0.3) is 5.76 Å². The highest BCUT2D eigenvalue weighted by molar-refractivity contribution is 7.10. The Labute approximate surface area is 95.0 Å². The molecule has 0 aromatic carbocycles. The zero-order valence-corrected chi connectivity index (χ0v) is 8.98. The van der Waals surface area contributed by atoms with Crippen LogP contribution in [-0.4, -0.2) is 39.9 Å². The van der Waals surface area contributed by atoms with Crippen LogP contribution in [0.3, 0.4) is 0 Å². The van der Waals surface area contributed by atoms with Gasteiger partial charge in [-0.3, -0.25) is 4.79 Å². The van der Waals surface area contributed by atoms with E-state index in [9.17, 15) is 15.0 Å². The third-order valence-electron chi connectivity index (χ3n) is 2.09. The van der Waals surface area contributed by atoms with Gasteiger partial charge in [-0.2, -0.15) is 0 Å². The fourth-order valence-electron chi connectivity index (χ4n) is 1.22. The molecule has 0 radical (unpaired) electrons. The van der Waals surface area contributed by atoms with Gasteiger partial charge >= 0.3 is 0 Å². The van der Waals surface area contributed by atoms with Gasteiger partial charge in [-0.1, -0.05) is 0 Å². The Bertz CT molecular complexity index is 442. The van der Waals surface area contributed by atoms with Crippen molar-refractivity contribution in [3.8, 4) is 0 Å². The summed E-state index contributed by atoms with van der Waals surface area (Å²) in [5.74, 6) is -0.255. The first kappa shape index (κ1) is 11.1. The Balaban J connectivity index is 2.24. The minimum Gasteiger partial charge on any atom is -0.488 e. The molecule has 2 heterocycles. The molecule has 0 aliphatic carbocycles. The van der Waals surface area contributed by atoms with Gasteiger partial charge in [0.1, 0.15) is 24.5 Å². The molecule has 1 aliphatic rings. The molecule has 0 saturated carbocycles. The number of hydrogen-bond acceptors (Lipinski definition) is 6. The van der Waals surface area contributed by atoms with Crippen LogP contribution in [0, 0.1) is 0 Å². The van der Waals surface area contributed by atoms with Gasteiger partial charge in [0.05, 0.1) is 0 Å². The molecule has 16 heavy (non-hydrogen) atoms. The lowest BCUT2D eigenvalue weighted by atomic mass is 10.1. The number of aliphatic hydroxyl groups is 2. The average Bonchev–Trinajstić information content (AvgIpc) is 2.71. The number of primary amides is 1. The molecule has 86 valence electrons. The first-order valence-electron chi connectivity index (χ1n) is 4.54. The SMILES string of the molecule is NC(=O)c1csc(C2=C[C@@H](O)[C@@H](O)CO2)n1. The molecule has 0 bridgehead atoms. The second kappa shape index (κ2) is 4.20. The van der Waals surface area contributed by atoms with Crippen LogP contribution in [0.5, 0.6) is 0 Å². The Morgan fingerprint density at radius 3 is 2.94 bits per heavy atom. The summed E-state index contributed by atoms with van der Waals surface area (Å²) in [6, 6.07) is 0. The van der Waals surface area contributed by atoms with Crippen molar-refractivity contribution >= 4 is 23.0 Å². The number of thiazole rings is 1. The molecule has 1 aliphatic heterocycles. The maximum atomic E-state index is 10.8. The Morgan fingerprint density at radius 1 is 1.62 bits per heavy atom. The molecule has 0 spiro atoms. The second-order valence-electron chi connectivity index (χ2n) is 3.30. The van der Waals surface area contributed by atoms with Gasteiger partial charge in [-0.15, -0.1) is 11.3 Å². The number of carbonyl (C=O) groups is 1. The summed E-state index contributed by atoms with van der Waals surface area (Å²) in [6.45, 7) is -0.00150. The number of carbonyl (C=O) groups excluding carboxylic acids is 1. The van der Waals surface area contributed by atoms with Gasteiger partial charge in [0.25, 0.3) is 5.91 Å². The maximum Gasteiger partial charge on any atom is 0.268 e. The number of ether oxygens (including phenoxy) is 1. The van der Waals surface area contributed by atoms with E-state index in [2.05, 4.69) is 4.98 Å². The third-order valence-corrected chi connectivity index (χ3v) is 2.95. The van der Waals surface area contributed by atoms with E-state index < -0.39 is 18.1 Å². The molecule has 1 aromatic heterocycles. The molecule has 4 N–H and O–H groups in total. The molecule has 2 rings (SSSR count). The summed E-state index contributed by atoms with van der Waals surface area (Å²) in [5.41, 5.74) is 5.22. The van der Waals surface area contributed by atoms with E-state index in [1.165, 1.54) is 22.8 Å². The lowest BCUT2D eigenvalue weighted by Crippen LogP contribution is -2.32. The summed E-state index contributed by atoms with van der Waals surface area (Å²) < 4.78 is 5.19. The highest BCUT2D eigenvalue weighted by Crippen LogP contribution is 2.24. The molecule has 6 nitrogen and oxygen atoms in total. The van der Waals surface area contributed by atoms with Crippen molar-refractivity contribution in [3.05, 3.63) is 22.2 Å². The lowest BCUT2D eigenvalue weighted by Gasteiger charge is -2.22. The number of rotatable bonds is 2. The monoisotopic (exact) mass is 242 g/mol. The minimum atomic E-state index is -0.982. The van der Waals surface area contributed by atoms with Gasteiger partial charge in [-0.05, 0) is 6.08 Å². The van der Waals surface area contributed by atoms with Gasteiger partial charge in [0, 0.05) is 5.38 Å². The molecular formula is C9H10N2O4S. The quantitative estimate of drug-likeness (QED) is 0.638. The number of aliphatic hydroxyl groups excluding tert-OH is 2. The van der Waals surface area contributed by atoms with E-state index >= 15 is 0 Å². The van der Waals surface area contributed by atoms with Crippen molar-refractivity contribution in [2.24, 2.45) is 5.73 Å². The van der Waals surface area contributed by atoms with Crippen LogP contribution in [0.1, 0.15) is 15.5 Å². The van der Waals surface area contributed by atoms with Crippen molar-refractivity contribution in [1.29, 1.82) is 0 Å². The highest BCUT2D eigenvalue weighted by atomic mass is 32.1. The zero-order valence-electron chi connectivity index (χ0n) is 8.16. The van der Waals surface area contributed by atoms with Crippen LogP contribution < -0.4 is 5.73 Å². The zero-order chi connectivity index (χ0) is 11.7. The Hall–Kier alpha value is -1.44. The number of aromatic nitrogens is 1. The lowest BCUT2D eigenvalue weighted by molar-refractivity contribution is -0.00352. The van der Waals surface area contributed by atoms with E-state index in [1.54, 1.807) is 0 Å². The molecule has 1 aromatic rings. The summed E-state index contributed by atoms with van der Waals surface area (Å²) in [5, 5.41) is 20.6. The summed E-state index contributed by atoms with van der Waals surface area (Å²) in [7, 11) is 0. The number of nitrogens with zero attached hydrogens (tertiary/aromatic N) is 1. The van der Waals surface area contributed by atoms with E-state index in [-0.39, 0.29) is 12.3 Å². The highest BCUT2D eigenvalue weighted by Gasteiger charge is 2.24. The van der Waals surface area contributed by atoms with Crippen LogP contribution in [0.15, 0.2) is 11.5 Å². The van der Waals surface area contributed by atoms with E-state index in [0.29, 0.717) is 10.8 Å². The van der Waals surface area contributed by atoms with Crippen LogP contribution >= 0.6 is 11.3 Å². The minimum absolute atomic E-state index is 0.00150. The third kappa shape index (κ3) is 2.06. The van der Waals surface area contributed by atoms with Gasteiger partial charge in [0.15, 0.2) is 10.8 Å². The smallest absolute Gasteiger partial charge is 0.268 e. The van der Waals surface area contributed by atoms with Crippen molar-refractivity contribution in [2.45, 2.75) is 12.2 Å². The van der Waals surface area contributed by atoms with Crippen LogP contribution in [-0.2, 0) is 4.74 Å². The first-order chi connectivity index (χ1) is 7.58. The Kier molecular flexibility index (Phi) is 2.90. The summed E-state index contributed by atoms with van der Waals surface area (Å²) >= 11 is 1.19. The first-order valence-corrected chi connectivity index (χ1v) is 5.42. The van der Waals surface area contributed by atoms with Crippen LogP contribution in [0.4, 0.5) is 0 Å². The van der Waals surface area contributed by atoms with Crippen molar-refractivity contribution in [2.75, 3.05) is 6.61 Å². The molecule has 0 unspecified atom stereocenters. The maximum absolute atomic E-state index is 10.8. The van der Waals surface area contributed by atoms with Crippen LogP contribution in [0.2, 0.25) is 0 Å². The topological polar surface area (TPSA) is 106 Å². The standard InChI is InChI=1S/C9H10N2O4S/c10-8(14)4-3-16-9(11-4)7-1-5(12)6(13)2-15-7/h1,3,5-6,12-13H,2H2,(H2,10,14)/t5-,6+/m1/s1.